The van der Waals surface area contributed by atoms with E-state index in [4.69, 9.17) is 5.73 Å². The van der Waals surface area contributed by atoms with Gasteiger partial charge in [0, 0.05) is 43.0 Å². The van der Waals surface area contributed by atoms with Gasteiger partial charge in [-0.1, -0.05) is 43.8 Å². The first-order valence-electron chi connectivity index (χ1n) is 10.5. The van der Waals surface area contributed by atoms with E-state index in [0.29, 0.717) is 24.4 Å². The van der Waals surface area contributed by atoms with Gasteiger partial charge in [0.05, 0.1) is 5.69 Å². The number of aliphatic hydroxyl groups excluding tert-OH is 1. The molecule has 2 aliphatic heterocycles. The van der Waals surface area contributed by atoms with Gasteiger partial charge in [-0.2, -0.15) is 0 Å². The molecule has 0 radical (unpaired) electrons. The van der Waals surface area contributed by atoms with E-state index < -0.39 is 11.9 Å². The summed E-state index contributed by atoms with van der Waals surface area (Å²) in [5.74, 6) is 0.451. The van der Waals surface area contributed by atoms with Crippen LogP contribution in [0.4, 0.5) is 10.2 Å². The molecule has 2 aromatic rings. The van der Waals surface area contributed by atoms with Gasteiger partial charge in [0.15, 0.2) is 0 Å². The van der Waals surface area contributed by atoms with Crippen LogP contribution in [0, 0.1) is 5.92 Å². The number of aliphatic imine (C=N–C) groups is 1. The number of anilines is 1. The van der Waals surface area contributed by atoms with Crippen molar-refractivity contribution in [3.8, 4) is 0 Å². The van der Waals surface area contributed by atoms with Gasteiger partial charge in [0.2, 0.25) is 0 Å². The highest BCUT2D eigenvalue weighted by Gasteiger charge is 2.28. The number of nitrogens with two attached hydrogens (primary N) is 1. The maximum Gasteiger partial charge on any atom is 0.129 e. The molecule has 0 saturated carbocycles. The summed E-state index contributed by atoms with van der Waals surface area (Å²) < 4.78 is 14.2. The van der Waals surface area contributed by atoms with Crippen molar-refractivity contribution in [3.05, 3.63) is 77.3 Å². The molecule has 1 aromatic carbocycles. The number of hydrogen-bond donors (Lipinski definition) is 3. The number of piperazine rings is 1. The Morgan fingerprint density at radius 2 is 2.06 bits per heavy atom. The summed E-state index contributed by atoms with van der Waals surface area (Å²) >= 11 is 0. The highest BCUT2D eigenvalue weighted by Crippen LogP contribution is 2.35. The number of aliphatic hydroxyl groups is 1. The van der Waals surface area contributed by atoms with Crippen LogP contribution < -0.4 is 16.0 Å². The number of hydrogen-bond acceptors (Lipinski definition) is 6. The van der Waals surface area contributed by atoms with Crippen LogP contribution in [-0.4, -0.2) is 35.9 Å². The molecule has 1 fully saturated rings. The Bertz CT molecular complexity index is 1020. The molecule has 6 nitrogen and oxygen atoms in total. The van der Waals surface area contributed by atoms with Crippen molar-refractivity contribution in [2.24, 2.45) is 16.6 Å². The summed E-state index contributed by atoms with van der Waals surface area (Å²) in [5, 5.41) is 14.6. The lowest BCUT2D eigenvalue weighted by Crippen LogP contribution is -2.46. The molecule has 3 heterocycles. The predicted octanol–water partition coefficient (Wildman–Crippen LogP) is 3.49. The lowest BCUT2D eigenvalue weighted by molar-refractivity contribution is 0.202. The fourth-order valence-corrected chi connectivity index (χ4v) is 4.16. The molecule has 7 heteroatoms. The highest BCUT2D eigenvalue weighted by molar-refractivity contribution is 5.66. The number of aromatic nitrogens is 1. The zero-order chi connectivity index (χ0) is 22.0. The van der Waals surface area contributed by atoms with E-state index >= 15 is 0 Å². The lowest BCUT2D eigenvalue weighted by atomic mass is 9.92. The van der Waals surface area contributed by atoms with Gasteiger partial charge in [-0.05, 0) is 30.0 Å². The van der Waals surface area contributed by atoms with E-state index in [1.807, 2.05) is 25.1 Å². The summed E-state index contributed by atoms with van der Waals surface area (Å²) in [6.07, 6.45) is 1.16. The Hall–Kier alpha value is -3.03. The number of benzene rings is 1. The van der Waals surface area contributed by atoms with Crippen molar-refractivity contribution in [1.82, 2.24) is 10.3 Å². The van der Waals surface area contributed by atoms with Crippen LogP contribution in [0.5, 0.6) is 0 Å². The molecule has 0 amide bonds. The van der Waals surface area contributed by atoms with Crippen LogP contribution in [0.25, 0.3) is 5.83 Å². The number of nitrogens with zero attached hydrogens (tertiary/aromatic N) is 3. The highest BCUT2D eigenvalue weighted by atomic mass is 19.1. The van der Waals surface area contributed by atoms with Gasteiger partial charge in [-0.3, -0.25) is 0 Å². The molecule has 4 rings (SSSR count). The zero-order valence-corrected chi connectivity index (χ0v) is 17.6. The first kappa shape index (κ1) is 21.2. The van der Waals surface area contributed by atoms with Crippen molar-refractivity contribution < 1.29 is 9.50 Å². The smallest absolute Gasteiger partial charge is 0.129 e. The first-order valence-corrected chi connectivity index (χ1v) is 10.5. The Kier molecular flexibility index (Phi) is 6.15. The minimum absolute atomic E-state index is 0.136. The monoisotopic (exact) mass is 421 g/mol. The van der Waals surface area contributed by atoms with Gasteiger partial charge < -0.3 is 21.1 Å². The number of rotatable bonds is 5. The number of pyridine rings is 1. The second-order valence-corrected chi connectivity index (χ2v) is 8.14. The van der Waals surface area contributed by atoms with E-state index in [1.165, 1.54) is 5.56 Å². The fourth-order valence-electron chi connectivity index (χ4n) is 4.16. The third-order valence-corrected chi connectivity index (χ3v) is 5.83. The van der Waals surface area contributed by atoms with E-state index in [-0.39, 0.29) is 29.0 Å². The standard InChI is InChI=1S/C24H28FN5O/c1-15-12-19(24(26)28-13-15)23(31)22-18(16(2)25)8-9-21(29-22)30-11-10-27-20(14-30)17-6-4-3-5-7-17/h3-9,13,15,20,23,27,31H,2,10-12,14,26H2,1H3. The lowest BCUT2D eigenvalue weighted by Gasteiger charge is -2.35. The predicted molar refractivity (Wildman–Crippen MR) is 122 cm³/mol. The Morgan fingerprint density at radius 1 is 1.29 bits per heavy atom. The van der Waals surface area contributed by atoms with Crippen LogP contribution in [0.1, 0.15) is 42.3 Å². The van der Waals surface area contributed by atoms with Gasteiger partial charge >= 0.3 is 0 Å². The molecule has 3 atom stereocenters. The minimum Gasteiger partial charge on any atom is -0.384 e. The molecular weight excluding hydrogens is 393 g/mol. The maximum atomic E-state index is 14.2. The van der Waals surface area contributed by atoms with Crippen LogP contribution in [0.2, 0.25) is 0 Å². The van der Waals surface area contributed by atoms with E-state index in [0.717, 1.165) is 13.1 Å². The molecule has 0 aliphatic carbocycles. The first-order chi connectivity index (χ1) is 14.9. The third kappa shape index (κ3) is 4.52. The Labute approximate surface area is 182 Å². The summed E-state index contributed by atoms with van der Waals surface area (Å²) in [5.41, 5.74) is 8.20. The fraction of sp³-hybridized carbons (Fsp3) is 0.333. The second-order valence-electron chi connectivity index (χ2n) is 8.14. The zero-order valence-electron chi connectivity index (χ0n) is 17.6. The van der Waals surface area contributed by atoms with Crippen molar-refractivity contribution in [3.63, 3.8) is 0 Å². The average molecular weight is 422 g/mol. The van der Waals surface area contributed by atoms with Crippen LogP contribution in [-0.2, 0) is 0 Å². The van der Waals surface area contributed by atoms with Crippen LogP contribution >= 0.6 is 0 Å². The molecule has 3 unspecified atom stereocenters. The minimum atomic E-state index is -1.14. The molecule has 4 N–H and O–H groups in total. The quantitative estimate of drug-likeness (QED) is 0.688. The molecule has 1 saturated heterocycles. The molecule has 1 aromatic heterocycles. The van der Waals surface area contributed by atoms with Crippen molar-refractivity contribution in [1.29, 1.82) is 0 Å². The second kappa shape index (κ2) is 8.99. The van der Waals surface area contributed by atoms with E-state index in [1.54, 1.807) is 18.3 Å². The van der Waals surface area contributed by atoms with Crippen molar-refractivity contribution >= 4 is 17.9 Å². The Balaban J connectivity index is 1.66. The number of halogens is 1. The van der Waals surface area contributed by atoms with Gasteiger partial charge in [0.25, 0.3) is 0 Å². The molecular formula is C24H28FN5O. The summed E-state index contributed by atoms with van der Waals surface area (Å²) in [7, 11) is 0. The van der Waals surface area contributed by atoms with Crippen molar-refractivity contribution in [2.75, 3.05) is 24.5 Å². The SMILES string of the molecule is C=C(F)c1ccc(N2CCNC(c3ccccc3)C2)nc1C(O)C1=C(N)N=CC(C)C1. The molecule has 0 spiro atoms. The summed E-state index contributed by atoms with van der Waals surface area (Å²) in [4.78, 5) is 11.0. The van der Waals surface area contributed by atoms with Crippen LogP contribution in [0.15, 0.2) is 65.4 Å². The molecule has 31 heavy (non-hydrogen) atoms. The van der Waals surface area contributed by atoms with Crippen LogP contribution in [0.3, 0.4) is 0 Å². The van der Waals surface area contributed by atoms with E-state index in [2.05, 4.69) is 38.9 Å². The average Bonchev–Trinajstić information content (AvgIpc) is 2.80. The third-order valence-electron chi connectivity index (χ3n) is 5.83. The molecule has 0 bridgehead atoms. The normalized spacial score (nSPS) is 22.5. The maximum absolute atomic E-state index is 14.2. The summed E-state index contributed by atoms with van der Waals surface area (Å²) in [6.45, 7) is 7.68. The summed E-state index contributed by atoms with van der Waals surface area (Å²) in [6, 6.07) is 13.8. The number of nitrogens with one attached hydrogen (secondary N) is 1. The Morgan fingerprint density at radius 3 is 2.81 bits per heavy atom. The van der Waals surface area contributed by atoms with Crippen molar-refractivity contribution in [2.45, 2.75) is 25.5 Å². The molecule has 162 valence electrons. The molecule has 2 aliphatic rings. The van der Waals surface area contributed by atoms with Gasteiger partial charge in [-0.15, -0.1) is 0 Å². The topological polar surface area (TPSA) is 86.8 Å². The van der Waals surface area contributed by atoms with Gasteiger partial charge in [-0.25, -0.2) is 14.4 Å². The largest absolute Gasteiger partial charge is 0.384 e. The van der Waals surface area contributed by atoms with Gasteiger partial charge in [0.1, 0.15) is 23.6 Å². The van der Waals surface area contributed by atoms with E-state index in [9.17, 15) is 9.50 Å².